The van der Waals surface area contributed by atoms with Crippen molar-refractivity contribution in [2.45, 2.75) is 32.7 Å². The van der Waals surface area contributed by atoms with Gasteiger partial charge in [-0.15, -0.1) is 0 Å². The summed E-state index contributed by atoms with van der Waals surface area (Å²) in [5.41, 5.74) is 0.914. The molecule has 0 radical (unpaired) electrons. The van der Waals surface area contributed by atoms with Crippen molar-refractivity contribution in [1.29, 1.82) is 0 Å². The van der Waals surface area contributed by atoms with Gasteiger partial charge in [0.1, 0.15) is 17.3 Å². The Morgan fingerprint density at radius 2 is 2.29 bits per heavy atom. The number of nitrogens with one attached hydrogen (secondary N) is 1. The van der Waals surface area contributed by atoms with Crippen LogP contribution in [0.4, 0.5) is 5.82 Å². The molecule has 1 unspecified atom stereocenters. The van der Waals surface area contributed by atoms with Crippen LogP contribution in [0.15, 0.2) is 6.33 Å². The zero-order valence-corrected chi connectivity index (χ0v) is 10.6. The third kappa shape index (κ3) is 1.84. The minimum atomic E-state index is 0.430. The second kappa shape index (κ2) is 3.84. The first-order valence-corrected chi connectivity index (χ1v) is 6.17. The van der Waals surface area contributed by atoms with Gasteiger partial charge in [-0.1, -0.05) is 11.6 Å². The Morgan fingerprint density at radius 1 is 1.53 bits per heavy atom. The molecule has 1 atom stereocenters. The fourth-order valence-corrected chi connectivity index (χ4v) is 2.16. The van der Waals surface area contributed by atoms with Crippen LogP contribution in [0.1, 0.15) is 25.3 Å². The number of hydrogen-bond acceptors (Lipinski definition) is 4. The summed E-state index contributed by atoms with van der Waals surface area (Å²) in [6, 6.07) is 0.430. The normalized spacial score (nSPS) is 17.4. The number of nitrogens with zero attached hydrogens (tertiary/aromatic N) is 4. The molecule has 0 aliphatic heterocycles. The van der Waals surface area contributed by atoms with Crippen molar-refractivity contribution in [3.05, 3.63) is 17.0 Å². The molecule has 1 saturated carbocycles. The molecule has 5 nitrogen and oxygen atoms in total. The van der Waals surface area contributed by atoms with Crippen molar-refractivity contribution in [2.75, 3.05) is 5.32 Å². The predicted octanol–water partition coefficient (Wildman–Crippen LogP) is 2.30. The van der Waals surface area contributed by atoms with Gasteiger partial charge in [0, 0.05) is 11.6 Å². The van der Waals surface area contributed by atoms with Crippen LogP contribution in [0.3, 0.4) is 0 Å². The Kier molecular flexibility index (Phi) is 2.43. The Balaban J connectivity index is 2.05. The number of aromatic nitrogens is 4. The van der Waals surface area contributed by atoms with E-state index in [4.69, 9.17) is 11.6 Å². The molecule has 1 N–H and O–H groups in total. The van der Waals surface area contributed by atoms with Crippen LogP contribution in [0.2, 0.25) is 5.15 Å². The summed E-state index contributed by atoms with van der Waals surface area (Å²) in [5.74, 6) is 2.20. The third-order valence-electron chi connectivity index (χ3n) is 3.30. The van der Waals surface area contributed by atoms with Crippen LogP contribution >= 0.6 is 11.6 Å². The molecule has 2 heterocycles. The molecule has 17 heavy (non-hydrogen) atoms. The largest absolute Gasteiger partial charge is 0.367 e. The molecule has 0 saturated heterocycles. The average molecular weight is 252 g/mol. The van der Waals surface area contributed by atoms with E-state index in [0.29, 0.717) is 17.0 Å². The van der Waals surface area contributed by atoms with E-state index in [-0.39, 0.29) is 0 Å². The van der Waals surface area contributed by atoms with E-state index in [1.807, 2.05) is 6.92 Å². The Labute approximate surface area is 104 Å². The second-order valence-electron chi connectivity index (χ2n) is 4.62. The van der Waals surface area contributed by atoms with E-state index < -0.39 is 0 Å². The van der Waals surface area contributed by atoms with Crippen molar-refractivity contribution in [3.63, 3.8) is 0 Å². The van der Waals surface area contributed by atoms with Gasteiger partial charge in [0.15, 0.2) is 0 Å². The van der Waals surface area contributed by atoms with Crippen molar-refractivity contribution >= 4 is 23.2 Å². The summed E-state index contributed by atoms with van der Waals surface area (Å²) in [7, 11) is 0. The van der Waals surface area contributed by atoms with E-state index in [1.165, 1.54) is 19.2 Å². The van der Waals surface area contributed by atoms with Crippen molar-refractivity contribution in [3.8, 4) is 0 Å². The molecule has 0 aromatic carbocycles. The van der Waals surface area contributed by atoms with Gasteiger partial charge in [0.05, 0.1) is 0 Å². The summed E-state index contributed by atoms with van der Waals surface area (Å²) >= 11 is 6.10. The Morgan fingerprint density at radius 3 is 3.00 bits per heavy atom. The zero-order chi connectivity index (χ0) is 12.0. The quantitative estimate of drug-likeness (QED) is 0.851. The summed E-state index contributed by atoms with van der Waals surface area (Å²) in [4.78, 5) is 8.24. The standard InChI is InChI=1S/C11H14ClN5/c1-6-9(12)16-11-13-5-14-17(11)10(6)15-7(2)8-3-4-8/h5,7-8,15H,3-4H2,1-2H3. The minimum absolute atomic E-state index is 0.430. The molecule has 1 aliphatic carbocycles. The summed E-state index contributed by atoms with van der Waals surface area (Å²) in [5, 5.41) is 8.14. The van der Waals surface area contributed by atoms with Crippen LogP contribution in [0.5, 0.6) is 0 Å². The Bertz CT molecular complexity index is 560. The fourth-order valence-electron chi connectivity index (χ4n) is 2.00. The zero-order valence-electron chi connectivity index (χ0n) is 9.81. The molecule has 6 heteroatoms. The number of hydrogen-bond donors (Lipinski definition) is 1. The molecule has 90 valence electrons. The molecular formula is C11H14ClN5. The van der Waals surface area contributed by atoms with E-state index in [2.05, 4.69) is 27.3 Å². The maximum Gasteiger partial charge on any atom is 0.255 e. The first-order chi connectivity index (χ1) is 8.16. The van der Waals surface area contributed by atoms with E-state index in [9.17, 15) is 0 Å². The molecular weight excluding hydrogens is 238 g/mol. The highest BCUT2D eigenvalue weighted by atomic mass is 35.5. The smallest absolute Gasteiger partial charge is 0.255 e. The average Bonchev–Trinajstić information content (AvgIpc) is 3.05. The van der Waals surface area contributed by atoms with Gasteiger partial charge < -0.3 is 5.32 Å². The van der Waals surface area contributed by atoms with Crippen LogP contribution in [-0.4, -0.2) is 25.6 Å². The maximum absolute atomic E-state index is 6.10. The predicted molar refractivity (Wildman–Crippen MR) is 66.3 cm³/mol. The second-order valence-corrected chi connectivity index (χ2v) is 4.98. The highest BCUT2D eigenvalue weighted by Crippen LogP contribution is 2.34. The lowest BCUT2D eigenvalue weighted by Crippen LogP contribution is -2.20. The van der Waals surface area contributed by atoms with Gasteiger partial charge in [0.2, 0.25) is 0 Å². The van der Waals surface area contributed by atoms with Gasteiger partial charge in [-0.3, -0.25) is 0 Å². The van der Waals surface area contributed by atoms with Crippen molar-refractivity contribution < 1.29 is 0 Å². The van der Waals surface area contributed by atoms with Crippen LogP contribution in [0.25, 0.3) is 5.78 Å². The molecule has 0 amide bonds. The minimum Gasteiger partial charge on any atom is -0.367 e. The lowest BCUT2D eigenvalue weighted by molar-refractivity contribution is 0.683. The molecule has 0 spiro atoms. The molecule has 3 rings (SSSR count). The van der Waals surface area contributed by atoms with Crippen molar-refractivity contribution in [2.24, 2.45) is 5.92 Å². The van der Waals surface area contributed by atoms with Gasteiger partial charge >= 0.3 is 0 Å². The van der Waals surface area contributed by atoms with Gasteiger partial charge in [-0.25, -0.2) is 0 Å². The highest BCUT2D eigenvalue weighted by molar-refractivity contribution is 6.30. The topological polar surface area (TPSA) is 55.1 Å². The van der Waals surface area contributed by atoms with Gasteiger partial charge in [0.25, 0.3) is 5.78 Å². The Hall–Kier alpha value is -1.36. The molecule has 1 aliphatic rings. The van der Waals surface area contributed by atoms with Crippen molar-refractivity contribution in [1.82, 2.24) is 19.6 Å². The number of anilines is 1. The van der Waals surface area contributed by atoms with E-state index in [0.717, 1.165) is 17.3 Å². The summed E-state index contributed by atoms with van der Waals surface area (Å²) in [6.07, 6.45) is 4.09. The number of halogens is 1. The van der Waals surface area contributed by atoms with Crippen LogP contribution < -0.4 is 5.32 Å². The van der Waals surface area contributed by atoms with Gasteiger partial charge in [-0.05, 0) is 32.6 Å². The highest BCUT2D eigenvalue weighted by Gasteiger charge is 2.29. The lowest BCUT2D eigenvalue weighted by Gasteiger charge is -2.17. The van der Waals surface area contributed by atoms with Gasteiger partial charge in [-0.2, -0.15) is 19.6 Å². The lowest BCUT2D eigenvalue weighted by atomic mass is 10.2. The van der Waals surface area contributed by atoms with E-state index in [1.54, 1.807) is 4.52 Å². The van der Waals surface area contributed by atoms with Crippen LogP contribution in [0, 0.1) is 12.8 Å². The first-order valence-electron chi connectivity index (χ1n) is 5.79. The fraction of sp³-hybridized carbons (Fsp3) is 0.545. The van der Waals surface area contributed by atoms with Crippen LogP contribution in [-0.2, 0) is 0 Å². The number of rotatable bonds is 3. The monoisotopic (exact) mass is 251 g/mol. The first kappa shape index (κ1) is 10.8. The molecule has 1 fully saturated rings. The SMILES string of the molecule is Cc1c(Cl)nc2ncnn2c1NC(C)C1CC1. The van der Waals surface area contributed by atoms with E-state index >= 15 is 0 Å². The third-order valence-corrected chi connectivity index (χ3v) is 3.67. The summed E-state index contributed by atoms with van der Waals surface area (Å²) in [6.45, 7) is 4.13. The molecule has 2 aromatic rings. The molecule has 2 aromatic heterocycles. The maximum atomic E-state index is 6.10. The molecule has 0 bridgehead atoms. The number of fused-ring (bicyclic) bond motifs is 1. The summed E-state index contributed by atoms with van der Waals surface area (Å²) < 4.78 is 1.71.